The molecule has 0 saturated carbocycles. The molecule has 1 N–H and O–H groups in total. The number of nitriles is 1. The molecule has 0 unspecified atom stereocenters. The number of carbonyl (C=O) groups excluding carboxylic acids is 1. The summed E-state index contributed by atoms with van der Waals surface area (Å²) in [6, 6.07) is 20.8. The molecular weight excluding hydrogens is 534 g/mol. The van der Waals surface area contributed by atoms with Gasteiger partial charge in [-0.3, -0.25) is 4.79 Å². The van der Waals surface area contributed by atoms with E-state index in [4.69, 9.17) is 9.47 Å². The number of benzene rings is 3. The lowest BCUT2D eigenvalue weighted by Gasteiger charge is -2.15. The molecule has 33 heavy (non-hydrogen) atoms. The molecule has 0 aliphatic carbocycles. The van der Waals surface area contributed by atoms with Crippen LogP contribution in [-0.4, -0.2) is 13.0 Å². The first-order valence-electron chi connectivity index (χ1n) is 10.1. The van der Waals surface area contributed by atoms with Crippen molar-refractivity contribution in [1.29, 1.82) is 5.26 Å². The number of halogens is 2. The fraction of sp³-hybridized carbons (Fsp3) is 0.154. The summed E-state index contributed by atoms with van der Waals surface area (Å²) in [5, 5.41) is 12.4. The molecule has 0 heterocycles. The van der Waals surface area contributed by atoms with Crippen LogP contribution in [0.5, 0.6) is 11.5 Å². The number of rotatable bonds is 8. The van der Waals surface area contributed by atoms with Crippen LogP contribution in [0.3, 0.4) is 0 Å². The van der Waals surface area contributed by atoms with Crippen LogP contribution in [0, 0.1) is 20.7 Å². The van der Waals surface area contributed by atoms with Crippen molar-refractivity contribution in [2.45, 2.75) is 19.6 Å². The zero-order valence-corrected chi connectivity index (χ0v) is 20.3. The van der Waals surface area contributed by atoms with Crippen molar-refractivity contribution in [3.05, 3.63) is 98.4 Å². The van der Waals surface area contributed by atoms with Crippen LogP contribution >= 0.6 is 22.6 Å². The van der Waals surface area contributed by atoms with Gasteiger partial charge in [-0.05, 0) is 76.5 Å². The number of hydrogen-bond acceptors (Lipinski definition) is 4. The number of hydrogen-bond donors (Lipinski definition) is 1. The molecule has 0 spiro atoms. The van der Waals surface area contributed by atoms with Gasteiger partial charge in [-0.15, -0.1) is 0 Å². The Morgan fingerprint density at radius 3 is 2.52 bits per heavy atom. The van der Waals surface area contributed by atoms with Crippen molar-refractivity contribution in [3.63, 3.8) is 0 Å². The van der Waals surface area contributed by atoms with Crippen LogP contribution in [0.4, 0.5) is 4.39 Å². The molecule has 3 aromatic carbocycles. The summed E-state index contributed by atoms with van der Waals surface area (Å²) in [5.41, 5.74) is 2.37. The van der Waals surface area contributed by atoms with E-state index in [0.29, 0.717) is 17.1 Å². The normalized spacial score (nSPS) is 11.9. The molecule has 0 radical (unpaired) electrons. The number of nitrogens with zero attached hydrogens (tertiary/aromatic N) is 1. The van der Waals surface area contributed by atoms with E-state index < -0.39 is 5.91 Å². The van der Waals surface area contributed by atoms with Crippen molar-refractivity contribution in [2.24, 2.45) is 0 Å². The van der Waals surface area contributed by atoms with Gasteiger partial charge in [0.2, 0.25) is 0 Å². The Morgan fingerprint density at radius 1 is 1.18 bits per heavy atom. The molecule has 0 fully saturated rings. The standard InChI is InChI=1S/C26H22FIN2O3/c1-17(20-6-4-3-5-7-20)30-26(31)21(15-29)12-19-13-23(28)25(24(14-19)32-2)33-16-18-8-10-22(27)11-9-18/h3-14,17H,16H2,1-2H3,(H,30,31)/b21-12-/t17-/m0/s1. The Kier molecular flexibility index (Phi) is 8.44. The first-order chi connectivity index (χ1) is 15.9. The van der Waals surface area contributed by atoms with Crippen molar-refractivity contribution in [1.82, 2.24) is 5.32 Å². The first-order valence-corrected chi connectivity index (χ1v) is 11.2. The predicted molar refractivity (Wildman–Crippen MR) is 133 cm³/mol. The summed E-state index contributed by atoms with van der Waals surface area (Å²) in [7, 11) is 1.52. The quantitative estimate of drug-likeness (QED) is 0.216. The molecule has 3 aromatic rings. The minimum Gasteiger partial charge on any atom is -0.493 e. The van der Waals surface area contributed by atoms with Crippen LogP contribution in [0.1, 0.15) is 29.7 Å². The summed E-state index contributed by atoms with van der Waals surface area (Å²) >= 11 is 2.11. The van der Waals surface area contributed by atoms with Gasteiger partial charge in [-0.1, -0.05) is 42.5 Å². The summed E-state index contributed by atoms with van der Waals surface area (Å²) < 4.78 is 25.2. The molecule has 5 nitrogen and oxygen atoms in total. The highest BCUT2D eigenvalue weighted by molar-refractivity contribution is 14.1. The molecule has 0 bridgehead atoms. The minimum absolute atomic E-state index is 0.0179. The van der Waals surface area contributed by atoms with Crippen LogP contribution in [-0.2, 0) is 11.4 Å². The van der Waals surface area contributed by atoms with Crippen LogP contribution in [0.2, 0.25) is 0 Å². The molecule has 0 aliphatic heterocycles. The summed E-state index contributed by atoms with van der Waals surface area (Å²) in [6.07, 6.45) is 1.52. The van der Waals surface area contributed by atoms with Crippen molar-refractivity contribution in [3.8, 4) is 17.6 Å². The molecule has 0 aliphatic rings. The van der Waals surface area contributed by atoms with E-state index in [2.05, 4.69) is 27.9 Å². The first kappa shape index (κ1) is 24.3. The third kappa shape index (κ3) is 6.56. The van der Waals surface area contributed by atoms with Crippen LogP contribution < -0.4 is 14.8 Å². The lowest BCUT2D eigenvalue weighted by Crippen LogP contribution is -2.27. The molecule has 168 valence electrons. The molecule has 0 saturated heterocycles. The highest BCUT2D eigenvalue weighted by atomic mass is 127. The molecule has 1 amide bonds. The zero-order chi connectivity index (χ0) is 23.8. The lowest BCUT2D eigenvalue weighted by atomic mass is 10.1. The van der Waals surface area contributed by atoms with Crippen molar-refractivity contribution >= 4 is 34.6 Å². The van der Waals surface area contributed by atoms with E-state index in [-0.39, 0.29) is 24.0 Å². The topological polar surface area (TPSA) is 71.3 Å². The van der Waals surface area contributed by atoms with Gasteiger partial charge in [0.1, 0.15) is 24.1 Å². The van der Waals surface area contributed by atoms with E-state index in [1.165, 1.54) is 25.3 Å². The number of methoxy groups -OCH3 is 1. The van der Waals surface area contributed by atoms with Gasteiger partial charge in [0.05, 0.1) is 16.7 Å². The van der Waals surface area contributed by atoms with Gasteiger partial charge in [0.15, 0.2) is 11.5 Å². The monoisotopic (exact) mass is 556 g/mol. The summed E-state index contributed by atoms with van der Waals surface area (Å²) in [5.74, 6) is 0.225. The minimum atomic E-state index is -0.459. The lowest BCUT2D eigenvalue weighted by molar-refractivity contribution is -0.117. The third-order valence-electron chi connectivity index (χ3n) is 4.87. The summed E-state index contributed by atoms with van der Waals surface area (Å²) in [6.45, 7) is 2.10. The van der Waals surface area contributed by atoms with Gasteiger partial charge in [0.25, 0.3) is 5.91 Å². The average molecular weight is 556 g/mol. The van der Waals surface area contributed by atoms with Crippen LogP contribution in [0.25, 0.3) is 6.08 Å². The average Bonchev–Trinajstić information content (AvgIpc) is 2.83. The molecular formula is C26H22FIN2O3. The predicted octanol–water partition coefficient (Wildman–Crippen LogP) is 5.80. The maximum atomic E-state index is 13.1. The second-order valence-electron chi connectivity index (χ2n) is 7.22. The van der Waals surface area contributed by atoms with E-state index in [1.54, 1.807) is 24.3 Å². The van der Waals surface area contributed by atoms with Gasteiger partial charge >= 0.3 is 0 Å². The van der Waals surface area contributed by atoms with E-state index in [9.17, 15) is 14.4 Å². The Hall–Kier alpha value is -3.38. The fourth-order valence-corrected chi connectivity index (χ4v) is 3.90. The molecule has 0 aromatic heterocycles. The van der Waals surface area contributed by atoms with Gasteiger partial charge < -0.3 is 14.8 Å². The highest BCUT2D eigenvalue weighted by Crippen LogP contribution is 2.35. The number of carbonyl (C=O) groups is 1. The van der Waals surface area contributed by atoms with E-state index in [0.717, 1.165) is 14.7 Å². The third-order valence-corrected chi connectivity index (χ3v) is 5.67. The van der Waals surface area contributed by atoms with Crippen LogP contribution in [0.15, 0.2) is 72.3 Å². The number of amides is 1. The van der Waals surface area contributed by atoms with Crippen molar-refractivity contribution < 1.29 is 18.7 Å². The Bertz CT molecular complexity index is 1190. The van der Waals surface area contributed by atoms with Gasteiger partial charge in [0, 0.05) is 0 Å². The fourth-order valence-electron chi connectivity index (χ4n) is 3.11. The van der Waals surface area contributed by atoms with Gasteiger partial charge in [-0.2, -0.15) is 5.26 Å². The van der Waals surface area contributed by atoms with Crippen molar-refractivity contribution in [2.75, 3.05) is 7.11 Å². The molecule has 1 atom stereocenters. The van der Waals surface area contributed by atoms with Gasteiger partial charge in [-0.25, -0.2) is 4.39 Å². The SMILES string of the molecule is COc1cc(/C=C(/C#N)C(=O)N[C@@H](C)c2ccccc2)cc(I)c1OCc1ccc(F)cc1. The van der Waals surface area contributed by atoms with E-state index in [1.807, 2.05) is 43.3 Å². The zero-order valence-electron chi connectivity index (χ0n) is 18.1. The molecule has 7 heteroatoms. The number of nitrogens with one attached hydrogen (secondary N) is 1. The smallest absolute Gasteiger partial charge is 0.262 e. The van der Waals surface area contributed by atoms with E-state index >= 15 is 0 Å². The second-order valence-corrected chi connectivity index (χ2v) is 8.39. The maximum absolute atomic E-state index is 13.1. The summed E-state index contributed by atoms with van der Waals surface area (Å²) in [4.78, 5) is 12.7. The second kappa shape index (κ2) is 11.5. The Balaban J connectivity index is 1.78. The number of ether oxygens (including phenoxy) is 2. The largest absolute Gasteiger partial charge is 0.493 e. The maximum Gasteiger partial charge on any atom is 0.262 e. The molecule has 3 rings (SSSR count). The Labute approximate surface area is 206 Å². The Morgan fingerprint density at radius 2 is 1.88 bits per heavy atom. The highest BCUT2D eigenvalue weighted by Gasteiger charge is 2.16.